The molecule has 1 aromatic heterocycles. The summed E-state index contributed by atoms with van der Waals surface area (Å²) < 4.78 is 0. The van der Waals surface area contributed by atoms with Crippen molar-refractivity contribution < 1.29 is 10.2 Å². The molecular weight excluding hydrogens is 382 g/mol. The molecular formula is C21H29N7O2. The third-order valence-corrected chi connectivity index (χ3v) is 5.55. The first-order valence-electron chi connectivity index (χ1n) is 10.7. The highest BCUT2D eigenvalue weighted by molar-refractivity contribution is 5.81. The van der Waals surface area contributed by atoms with Gasteiger partial charge in [-0.2, -0.15) is 20.1 Å². The van der Waals surface area contributed by atoms with E-state index in [2.05, 4.69) is 14.9 Å². The largest absolute Gasteiger partial charge is 0.504 e. The Kier molecular flexibility index (Phi) is 6.15. The first-order valence-corrected chi connectivity index (χ1v) is 10.7. The van der Waals surface area contributed by atoms with E-state index in [9.17, 15) is 10.2 Å². The Morgan fingerprint density at radius 1 is 0.833 bits per heavy atom. The topological polar surface area (TPSA) is 101 Å². The van der Waals surface area contributed by atoms with Gasteiger partial charge in [0.25, 0.3) is 5.95 Å². The van der Waals surface area contributed by atoms with Crippen LogP contribution in [-0.4, -0.2) is 64.6 Å². The molecule has 0 saturated carbocycles. The highest BCUT2D eigenvalue weighted by Crippen LogP contribution is 2.25. The van der Waals surface area contributed by atoms with Crippen LogP contribution < -0.4 is 14.8 Å². The summed E-state index contributed by atoms with van der Waals surface area (Å²) in [6.45, 7) is 3.84. The molecule has 0 atom stereocenters. The molecule has 0 bridgehead atoms. The SMILES string of the molecule is CN(/N=C\c1ccc(O)c(O)c1)c1nc(N2CCCCC2)nc(N2CCCCC2)n1. The second-order valence-corrected chi connectivity index (χ2v) is 7.85. The molecule has 2 aliphatic rings. The van der Waals surface area contributed by atoms with Crippen LogP contribution in [0.3, 0.4) is 0 Å². The molecule has 3 heterocycles. The summed E-state index contributed by atoms with van der Waals surface area (Å²) in [6.07, 6.45) is 8.70. The second-order valence-electron chi connectivity index (χ2n) is 7.85. The van der Waals surface area contributed by atoms with Gasteiger partial charge in [0.2, 0.25) is 11.9 Å². The lowest BCUT2D eigenvalue weighted by atomic mass is 10.1. The summed E-state index contributed by atoms with van der Waals surface area (Å²) in [7, 11) is 1.80. The number of phenolic OH excluding ortho intramolecular Hbond substituents is 2. The lowest BCUT2D eigenvalue weighted by Crippen LogP contribution is -2.35. The Hall–Kier alpha value is -3.10. The van der Waals surface area contributed by atoms with Crippen molar-refractivity contribution in [3.63, 3.8) is 0 Å². The van der Waals surface area contributed by atoms with Gasteiger partial charge in [0.05, 0.1) is 6.21 Å². The number of aromatic nitrogens is 3. The first kappa shape index (κ1) is 20.2. The molecule has 0 aliphatic carbocycles. The standard InChI is InChI=1S/C21H29N7O2/c1-26(22-15-16-8-9-17(29)18(30)14-16)19-23-20(27-10-4-2-5-11-27)25-21(24-19)28-12-6-3-7-13-28/h8-9,14-15,29-30H,2-7,10-13H2,1H3/b22-15-. The van der Waals surface area contributed by atoms with Gasteiger partial charge in [0.1, 0.15) is 0 Å². The predicted molar refractivity (Wildman–Crippen MR) is 118 cm³/mol. The van der Waals surface area contributed by atoms with Crippen molar-refractivity contribution in [2.24, 2.45) is 5.10 Å². The average molecular weight is 412 g/mol. The maximum atomic E-state index is 9.67. The van der Waals surface area contributed by atoms with Crippen molar-refractivity contribution in [2.75, 3.05) is 48.0 Å². The number of hydrogen-bond acceptors (Lipinski definition) is 9. The van der Waals surface area contributed by atoms with Crippen LogP contribution in [0, 0.1) is 0 Å². The Morgan fingerprint density at radius 3 is 1.93 bits per heavy atom. The lowest BCUT2D eigenvalue weighted by molar-refractivity contribution is 0.403. The van der Waals surface area contributed by atoms with E-state index in [1.54, 1.807) is 24.3 Å². The third-order valence-electron chi connectivity index (χ3n) is 5.55. The molecule has 30 heavy (non-hydrogen) atoms. The lowest BCUT2D eigenvalue weighted by Gasteiger charge is -2.30. The molecule has 2 aromatic rings. The zero-order valence-corrected chi connectivity index (χ0v) is 17.4. The molecule has 2 N–H and O–H groups in total. The Bertz CT molecular complexity index is 857. The van der Waals surface area contributed by atoms with Gasteiger partial charge in [-0.15, -0.1) is 0 Å². The van der Waals surface area contributed by atoms with E-state index in [-0.39, 0.29) is 11.5 Å². The van der Waals surface area contributed by atoms with E-state index in [0.29, 0.717) is 23.4 Å². The van der Waals surface area contributed by atoms with Crippen molar-refractivity contribution in [3.8, 4) is 11.5 Å². The molecule has 0 amide bonds. The molecule has 4 rings (SSSR count). The molecule has 2 fully saturated rings. The quantitative estimate of drug-likeness (QED) is 0.440. The van der Waals surface area contributed by atoms with Crippen LogP contribution in [0.1, 0.15) is 44.1 Å². The van der Waals surface area contributed by atoms with E-state index in [1.165, 1.54) is 25.0 Å². The van der Waals surface area contributed by atoms with Gasteiger partial charge < -0.3 is 20.0 Å². The van der Waals surface area contributed by atoms with Crippen LogP contribution in [0.2, 0.25) is 0 Å². The normalized spacial score (nSPS) is 17.5. The monoisotopic (exact) mass is 411 g/mol. The van der Waals surface area contributed by atoms with E-state index >= 15 is 0 Å². The van der Waals surface area contributed by atoms with Crippen LogP contribution in [0.15, 0.2) is 23.3 Å². The third kappa shape index (κ3) is 4.72. The predicted octanol–water partition coefficient (Wildman–Crippen LogP) is 2.73. The zero-order valence-electron chi connectivity index (χ0n) is 17.4. The first-order chi connectivity index (χ1) is 14.6. The van der Waals surface area contributed by atoms with Crippen molar-refractivity contribution in [3.05, 3.63) is 23.8 Å². The number of benzene rings is 1. The van der Waals surface area contributed by atoms with E-state index < -0.39 is 0 Å². The number of piperidine rings is 2. The number of anilines is 3. The van der Waals surface area contributed by atoms with Gasteiger partial charge in [-0.05, 0) is 62.3 Å². The van der Waals surface area contributed by atoms with Crippen molar-refractivity contribution >= 4 is 24.1 Å². The average Bonchev–Trinajstić information content (AvgIpc) is 2.80. The summed E-state index contributed by atoms with van der Waals surface area (Å²) >= 11 is 0. The summed E-state index contributed by atoms with van der Waals surface area (Å²) in [5.74, 6) is 1.58. The van der Waals surface area contributed by atoms with Gasteiger partial charge in [-0.3, -0.25) is 0 Å². The maximum Gasteiger partial charge on any atom is 0.252 e. The zero-order chi connectivity index (χ0) is 20.9. The number of aromatic hydroxyl groups is 2. The molecule has 160 valence electrons. The number of hydrogen-bond donors (Lipinski definition) is 2. The highest BCUT2D eigenvalue weighted by Gasteiger charge is 2.21. The fourth-order valence-corrected chi connectivity index (χ4v) is 3.78. The molecule has 0 unspecified atom stereocenters. The second kappa shape index (κ2) is 9.15. The Balaban J connectivity index is 1.60. The van der Waals surface area contributed by atoms with Crippen molar-refractivity contribution in [1.82, 2.24) is 15.0 Å². The van der Waals surface area contributed by atoms with E-state index in [0.717, 1.165) is 51.9 Å². The fourth-order valence-electron chi connectivity index (χ4n) is 3.78. The molecule has 0 spiro atoms. The van der Waals surface area contributed by atoms with E-state index in [1.807, 2.05) is 0 Å². The minimum atomic E-state index is -0.179. The summed E-state index contributed by atoms with van der Waals surface area (Å²) in [4.78, 5) is 18.7. The van der Waals surface area contributed by atoms with Crippen molar-refractivity contribution in [1.29, 1.82) is 0 Å². The minimum absolute atomic E-state index is 0.157. The van der Waals surface area contributed by atoms with E-state index in [4.69, 9.17) is 15.0 Å². The molecule has 9 nitrogen and oxygen atoms in total. The van der Waals surface area contributed by atoms with Crippen LogP contribution >= 0.6 is 0 Å². The van der Waals surface area contributed by atoms with Crippen LogP contribution in [-0.2, 0) is 0 Å². The maximum absolute atomic E-state index is 9.67. The number of hydrazone groups is 1. The number of phenols is 2. The molecule has 2 aliphatic heterocycles. The fraction of sp³-hybridized carbons (Fsp3) is 0.524. The van der Waals surface area contributed by atoms with Gasteiger partial charge in [0.15, 0.2) is 11.5 Å². The van der Waals surface area contributed by atoms with Crippen LogP contribution in [0.4, 0.5) is 17.8 Å². The Morgan fingerprint density at radius 2 is 1.40 bits per heavy atom. The highest BCUT2D eigenvalue weighted by atomic mass is 16.3. The molecule has 2 saturated heterocycles. The van der Waals surface area contributed by atoms with Gasteiger partial charge >= 0.3 is 0 Å². The van der Waals surface area contributed by atoms with Gasteiger partial charge in [-0.25, -0.2) is 5.01 Å². The number of rotatable bonds is 5. The number of nitrogens with zero attached hydrogens (tertiary/aromatic N) is 7. The molecule has 9 heteroatoms. The summed E-state index contributed by atoms with van der Waals surface area (Å²) in [5, 5.41) is 25.2. The molecule has 0 radical (unpaired) electrons. The molecule has 1 aromatic carbocycles. The van der Waals surface area contributed by atoms with Crippen LogP contribution in [0.25, 0.3) is 0 Å². The summed E-state index contributed by atoms with van der Waals surface area (Å²) in [6, 6.07) is 4.57. The summed E-state index contributed by atoms with van der Waals surface area (Å²) in [5.41, 5.74) is 0.665. The van der Waals surface area contributed by atoms with Crippen molar-refractivity contribution in [2.45, 2.75) is 38.5 Å². The van der Waals surface area contributed by atoms with Gasteiger partial charge in [-0.1, -0.05) is 0 Å². The van der Waals surface area contributed by atoms with Crippen LogP contribution in [0.5, 0.6) is 11.5 Å². The van der Waals surface area contributed by atoms with Gasteiger partial charge in [0, 0.05) is 33.2 Å². The smallest absolute Gasteiger partial charge is 0.252 e. The minimum Gasteiger partial charge on any atom is -0.504 e. The Labute approximate surface area is 176 Å².